The van der Waals surface area contributed by atoms with Crippen molar-refractivity contribution in [1.82, 2.24) is 14.8 Å². The molecule has 0 saturated carbocycles. The van der Waals surface area contributed by atoms with Crippen LogP contribution >= 0.6 is 23.1 Å². The summed E-state index contributed by atoms with van der Waals surface area (Å²) in [4.78, 5) is 24.6. The van der Waals surface area contributed by atoms with E-state index in [0.29, 0.717) is 16.4 Å². The van der Waals surface area contributed by atoms with Crippen molar-refractivity contribution >= 4 is 40.5 Å². The van der Waals surface area contributed by atoms with Gasteiger partial charge in [-0.05, 0) is 44.2 Å². The summed E-state index contributed by atoms with van der Waals surface area (Å²) in [7, 11) is 1.89. The molecule has 2 aromatic heterocycles. The van der Waals surface area contributed by atoms with Gasteiger partial charge in [0, 0.05) is 34.1 Å². The molecule has 1 aromatic carbocycles. The van der Waals surface area contributed by atoms with E-state index in [0.717, 1.165) is 11.4 Å². The van der Waals surface area contributed by atoms with Gasteiger partial charge in [0.25, 0.3) is 0 Å². The fourth-order valence-corrected chi connectivity index (χ4v) is 3.76. The standard InChI is InChI=1S/C18H18N4O2S2/c1-11-8-14(9-25-11)17-20-21-18(22(17)3)26-10-16(24)19-15-6-4-13(5-7-15)12(2)23/h4-9H,10H2,1-3H3,(H,19,24). The quantitative estimate of drug-likeness (QED) is 0.515. The van der Waals surface area contributed by atoms with E-state index < -0.39 is 0 Å². The lowest BCUT2D eigenvalue weighted by Gasteiger charge is -2.06. The first-order chi connectivity index (χ1) is 12.4. The largest absolute Gasteiger partial charge is 0.325 e. The first-order valence-electron chi connectivity index (χ1n) is 7.92. The number of Topliss-reactive ketones (excluding diaryl/α,β-unsaturated/α-hetero) is 1. The van der Waals surface area contributed by atoms with Gasteiger partial charge >= 0.3 is 0 Å². The highest BCUT2D eigenvalue weighted by molar-refractivity contribution is 7.99. The van der Waals surface area contributed by atoms with Crippen LogP contribution in [0, 0.1) is 6.92 Å². The smallest absolute Gasteiger partial charge is 0.234 e. The Labute approximate surface area is 159 Å². The lowest BCUT2D eigenvalue weighted by molar-refractivity contribution is -0.113. The van der Waals surface area contributed by atoms with Crippen LogP contribution in [0.1, 0.15) is 22.2 Å². The summed E-state index contributed by atoms with van der Waals surface area (Å²) in [6.07, 6.45) is 0. The number of aryl methyl sites for hydroxylation is 1. The minimum Gasteiger partial charge on any atom is -0.325 e. The molecule has 1 amide bonds. The first kappa shape index (κ1) is 18.3. The van der Waals surface area contributed by atoms with Gasteiger partial charge in [0.2, 0.25) is 5.91 Å². The van der Waals surface area contributed by atoms with E-state index in [1.807, 2.05) is 23.9 Å². The van der Waals surface area contributed by atoms with Crippen molar-refractivity contribution in [3.05, 3.63) is 46.2 Å². The van der Waals surface area contributed by atoms with E-state index >= 15 is 0 Å². The van der Waals surface area contributed by atoms with Gasteiger partial charge in [0.15, 0.2) is 16.8 Å². The second kappa shape index (κ2) is 7.84. The number of ketones is 1. The fraction of sp³-hybridized carbons (Fsp3) is 0.222. The van der Waals surface area contributed by atoms with Crippen molar-refractivity contribution in [3.63, 3.8) is 0 Å². The molecule has 134 valence electrons. The van der Waals surface area contributed by atoms with E-state index in [2.05, 4.69) is 21.6 Å². The highest BCUT2D eigenvalue weighted by Crippen LogP contribution is 2.26. The Hall–Kier alpha value is -2.45. The van der Waals surface area contributed by atoms with Crippen molar-refractivity contribution < 1.29 is 9.59 Å². The molecule has 0 atom stereocenters. The van der Waals surface area contributed by atoms with Crippen LogP contribution in [-0.2, 0) is 11.8 Å². The van der Waals surface area contributed by atoms with Crippen molar-refractivity contribution in [3.8, 4) is 11.4 Å². The van der Waals surface area contributed by atoms with E-state index in [4.69, 9.17) is 0 Å². The zero-order chi connectivity index (χ0) is 18.7. The van der Waals surface area contributed by atoms with Gasteiger partial charge in [-0.1, -0.05) is 11.8 Å². The SMILES string of the molecule is CC(=O)c1ccc(NC(=O)CSc2nnc(-c3csc(C)c3)n2C)cc1. The molecule has 0 bridgehead atoms. The lowest BCUT2D eigenvalue weighted by atomic mass is 10.1. The monoisotopic (exact) mass is 386 g/mol. The summed E-state index contributed by atoms with van der Waals surface area (Å²) in [5, 5.41) is 13.9. The average Bonchev–Trinajstić information content (AvgIpc) is 3.19. The van der Waals surface area contributed by atoms with Gasteiger partial charge in [0.05, 0.1) is 5.75 Å². The number of carbonyl (C=O) groups is 2. The number of carbonyl (C=O) groups excluding carboxylic acids is 2. The molecule has 0 radical (unpaired) electrons. The highest BCUT2D eigenvalue weighted by atomic mass is 32.2. The Kier molecular flexibility index (Phi) is 5.53. The molecular weight excluding hydrogens is 368 g/mol. The summed E-state index contributed by atoms with van der Waals surface area (Å²) >= 11 is 3.00. The third kappa shape index (κ3) is 4.20. The predicted molar refractivity (Wildman–Crippen MR) is 105 cm³/mol. The third-order valence-electron chi connectivity index (χ3n) is 3.73. The van der Waals surface area contributed by atoms with Gasteiger partial charge in [-0.25, -0.2) is 0 Å². The Balaban J connectivity index is 1.59. The van der Waals surface area contributed by atoms with E-state index in [1.165, 1.54) is 23.6 Å². The van der Waals surface area contributed by atoms with Crippen LogP contribution in [0.25, 0.3) is 11.4 Å². The number of nitrogens with one attached hydrogen (secondary N) is 1. The summed E-state index contributed by atoms with van der Waals surface area (Å²) in [5.74, 6) is 0.874. The fourth-order valence-electron chi connectivity index (χ4n) is 2.37. The Bertz CT molecular complexity index is 945. The van der Waals surface area contributed by atoms with E-state index in [-0.39, 0.29) is 17.4 Å². The zero-order valence-electron chi connectivity index (χ0n) is 14.6. The zero-order valence-corrected chi connectivity index (χ0v) is 16.3. The molecule has 8 heteroatoms. The Morgan fingerprint density at radius 2 is 1.96 bits per heavy atom. The molecule has 0 aliphatic heterocycles. The Morgan fingerprint density at radius 3 is 2.58 bits per heavy atom. The average molecular weight is 387 g/mol. The number of anilines is 1. The maximum atomic E-state index is 12.1. The van der Waals surface area contributed by atoms with Gasteiger partial charge in [-0.3, -0.25) is 9.59 Å². The first-order valence-corrected chi connectivity index (χ1v) is 9.79. The number of hydrogen-bond acceptors (Lipinski definition) is 6. The van der Waals surface area contributed by atoms with Gasteiger partial charge < -0.3 is 9.88 Å². The third-order valence-corrected chi connectivity index (χ3v) is 5.61. The lowest BCUT2D eigenvalue weighted by Crippen LogP contribution is -2.14. The molecule has 26 heavy (non-hydrogen) atoms. The molecule has 0 saturated heterocycles. The molecule has 0 spiro atoms. The second-order valence-corrected chi connectivity index (χ2v) is 7.84. The van der Waals surface area contributed by atoms with Crippen LogP contribution in [-0.4, -0.2) is 32.2 Å². The number of rotatable bonds is 6. The van der Waals surface area contributed by atoms with Gasteiger partial charge in [-0.15, -0.1) is 21.5 Å². The minimum atomic E-state index is -0.137. The normalized spacial score (nSPS) is 10.7. The van der Waals surface area contributed by atoms with Crippen molar-refractivity contribution in [2.24, 2.45) is 7.05 Å². The Morgan fingerprint density at radius 1 is 1.23 bits per heavy atom. The molecule has 0 aliphatic carbocycles. The number of benzene rings is 1. The second-order valence-electron chi connectivity index (χ2n) is 5.78. The summed E-state index contributed by atoms with van der Waals surface area (Å²) in [6, 6.07) is 8.91. The number of aromatic nitrogens is 3. The molecule has 0 unspecified atom stereocenters. The van der Waals surface area contributed by atoms with Gasteiger partial charge in [0.1, 0.15) is 0 Å². The molecule has 0 fully saturated rings. The number of thioether (sulfide) groups is 1. The topological polar surface area (TPSA) is 76.9 Å². The van der Waals surface area contributed by atoms with E-state index in [9.17, 15) is 9.59 Å². The highest BCUT2D eigenvalue weighted by Gasteiger charge is 2.14. The number of thiophene rings is 1. The van der Waals surface area contributed by atoms with Crippen LogP contribution in [0.5, 0.6) is 0 Å². The summed E-state index contributed by atoms with van der Waals surface area (Å²) in [5.41, 5.74) is 2.31. The van der Waals surface area contributed by atoms with Crippen LogP contribution in [0.15, 0.2) is 40.9 Å². The molecule has 2 heterocycles. The van der Waals surface area contributed by atoms with Crippen molar-refractivity contribution in [2.75, 3.05) is 11.1 Å². The maximum absolute atomic E-state index is 12.1. The minimum absolute atomic E-state index is 0.00247. The number of amides is 1. The molecule has 1 N–H and O–H groups in total. The molecule has 3 aromatic rings. The molecule has 6 nitrogen and oxygen atoms in total. The maximum Gasteiger partial charge on any atom is 0.234 e. The van der Waals surface area contributed by atoms with Crippen LogP contribution < -0.4 is 5.32 Å². The van der Waals surface area contributed by atoms with Crippen LogP contribution in [0.4, 0.5) is 5.69 Å². The summed E-state index contributed by atoms with van der Waals surface area (Å²) in [6.45, 7) is 3.56. The number of hydrogen-bond donors (Lipinski definition) is 1. The molecule has 0 aliphatic rings. The van der Waals surface area contributed by atoms with Crippen molar-refractivity contribution in [2.45, 2.75) is 19.0 Å². The van der Waals surface area contributed by atoms with Gasteiger partial charge in [-0.2, -0.15) is 0 Å². The van der Waals surface area contributed by atoms with Crippen molar-refractivity contribution in [1.29, 1.82) is 0 Å². The van der Waals surface area contributed by atoms with Crippen LogP contribution in [0.2, 0.25) is 0 Å². The molecule has 3 rings (SSSR count). The summed E-state index contributed by atoms with van der Waals surface area (Å²) < 4.78 is 1.89. The predicted octanol–water partition coefficient (Wildman–Crippen LogP) is 3.79. The molecular formula is C18H18N4O2S2. The van der Waals surface area contributed by atoms with Crippen LogP contribution in [0.3, 0.4) is 0 Å². The van der Waals surface area contributed by atoms with E-state index in [1.54, 1.807) is 35.6 Å². The number of nitrogens with zero attached hydrogens (tertiary/aromatic N) is 3.